The van der Waals surface area contributed by atoms with Crippen LogP contribution < -0.4 is 5.32 Å². The summed E-state index contributed by atoms with van der Waals surface area (Å²) in [6.45, 7) is 7.31. The summed E-state index contributed by atoms with van der Waals surface area (Å²) in [5.74, 6) is 0. The predicted octanol–water partition coefficient (Wildman–Crippen LogP) is 2.15. The number of carbonyl (C=O) groups excluding carboxylic acids is 1. The van der Waals surface area contributed by atoms with Crippen molar-refractivity contribution in [2.24, 2.45) is 0 Å². The van der Waals surface area contributed by atoms with Gasteiger partial charge in [-0.1, -0.05) is 30.3 Å². The highest BCUT2D eigenvalue weighted by Gasteiger charge is 2.25. The quantitative estimate of drug-likeness (QED) is 0.827. The third-order valence-electron chi connectivity index (χ3n) is 4.56. The number of nitrogens with zero attached hydrogens (tertiary/aromatic N) is 2. The van der Waals surface area contributed by atoms with E-state index in [1.165, 1.54) is 5.56 Å². The number of aromatic nitrogens is 2. The van der Waals surface area contributed by atoms with E-state index in [9.17, 15) is 4.79 Å². The molecule has 1 aliphatic heterocycles. The summed E-state index contributed by atoms with van der Waals surface area (Å²) in [7, 11) is 0. The number of ether oxygens (including phenoxy) is 2. The highest BCUT2D eigenvalue weighted by atomic mass is 16.6. The van der Waals surface area contributed by atoms with Crippen LogP contribution in [0, 0.1) is 13.8 Å². The van der Waals surface area contributed by atoms with E-state index >= 15 is 0 Å². The molecular weight excluding hydrogens is 332 g/mol. The van der Waals surface area contributed by atoms with E-state index < -0.39 is 0 Å². The summed E-state index contributed by atoms with van der Waals surface area (Å²) in [5, 5.41) is 10.6. The highest BCUT2D eigenvalue weighted by Crippen LogP contribution is 2.11. The third-order valence-corrected chi connectivity index (χ3v) is 4.56. The van der Waals surface area contributed by atoms with Crippen molar-refractivity contribution in [2.45, 2.75) is 33.1 Å². The maximum atomic E-state index is 12.3. The van der Waals surface area contributed by atoms with Gasteiger partial charge in [-0.05, 0) is 19.4 Å². The first-order valence-electron chi connectivity index (χ1n) is 8.92. The molecule has 0 radical (unpaired) electrons. The van der Waals surface area contributed by atoms with Gasteiger partial charge in [-0.15, -0.1) is 0 Å². The van der Waals surface area contributed by atoms with Gasteiger partial charge in [0.05, 0.1) is 24.9 Å². The first-order valence-corrected chi connectivity index (χ1v) is 8.92. The van der Waals surface area contributed by atoms with Crippen LogP contribution >= 0.6 is 0 Å². The minimum Gasteiger partial charge on any atom is -0.445 e. The zero-order chi connectivity index (χ0) is 18.4. The number of benzene rings is 1. The summed E-state index contributed by atoms with van der Waals surface area (Å²) in [6.07, 6.45) is -0.329. The number of nitrogens with one attached hydrogen (secondary N) is 2. The Balaban J connectivity index is 1.42. The van der Waals surface area contributed by atoms with Crippen molar-refractivity contribution in [1.82, 2.24) is 20.4 Å². The number of carbonyl (C=O) groups is 1. The standard InChI is InChI=1S/C19H26N4O3/c1-14-18(15(2)22-21-14)11-20-10-17-12-23(8-9-25-17)19(24)26-13-16-6-4-3-5-7-16/h3-7,17,20H,8-13H2,1-2H3,(H,21,22). The Morgan fingerprint density at radius 2 is 2.19 bits per heavy atom. The van der Waals surface area contributed by atoms with E-state index in [1.54, 1.807) is 4.90 Å². The number of rotatable bonds is 6. The molecule has 1 aliphatic rings. The molecule has 7 nitrogen and oxygen atoms in total. The van der Waals surface area contributed by atoms with Gasteiger partial charge in [0.15, 0.2) is 0 Å². The van der Waals surface area contributed by atoms with Crippen molar-refractivity contribution < 1.29 is 14.3 Å². The van der Waals surface area contributed by atoms with Gasteiger partial charge in [-0.25, -0.2) is 4.79 Å². The van der Waals surface area contributed by atoms with Gasteiger partial charge in [0.1, 0.15) is 6.61 Å². The largest absolute Gasteiger partial charge is 0.445 e. The number of hydrogen-bond acceptors (Lipinski definition) is 5. The Kier molecular flexibility index (Phi) is 6.25. The molecule has 7 heteroatoms. The van der Waals surface area contributed by atoms with E-state index in [-0.39, 0.29) is 12.2 Å². The normalized spacial score (nSPS) is 17.3. The summed E-state index contributed by atoms with van der Waals surface area (Å²) in [6, 6.07) is 9.70. The van der Waals surface area contributed by atoms with Gasteiger partial charge in [0, 0.05) is 30.9 Å². The summed E-state index contributed by atoms with van der Waals surface area (Å²) in [4.78, 5) is 14.0. The Bertz CT molecular complexity index is 697. The minimum absolute atomic E-state index is 0.0412. The molecule has 1 aromatic carbocycles. The third kappa shape index (κ3) is 4.83. The fraction of sp³-hybridized carbons (Fsp3) is 0.474. The highest BCUT2D eigenvalue weighted by molar-refractivity contribution is 5.67. The molecule has 1 unspecified atom stereocenters. The first kappa shape index (κ1) is 18.4. The number of H-pyrrole nitrogens is 1. The van der Waals surface area contributed by atoms with Crippen molar-refractivity contribution in [1.29, 1.82) is 0 Å². The topological polar surface area (TPSA) is 79.5 Å². The Morgan fingerprint density at radius 1 is 1.38 bits per heavy atom. The van der Waals surface area contributed by atoms with Crippen LogP contribution in [0.1, 0.15) is 22.5 Å². The second-order valence-electron chi connectivity index (χ2n) is 6.52. The summed E-state index contributed by atoms with van der Waals surface area (Å²) in [5.41, 5.74) is 4.24. The average Bonchev–Trinajstić information content (AvgIpc) is 2.99. The lowest BCUT2D eigenvalue weighted by atomic mass is 10.2. The van der Waals surface area contributed by atoms with E-state index in [0.29, 0.717) is 32.8 Å². The van der Waals surface area contributed by atoms with Gasteiger partial charge in [0.25, 0.3) is 0 Å². The van der Waals surface area contributed by atoms with Crippen LogP contribution in [0.4, 0.5) is 4.79 Å². The lowest BCUT2D eigenvalue weighted by molar-refractivity contribution is -0.0271. The van der Waals surface area contributed by atoms with Gasteiger partial charge >= 0.3 is 6.09 Å². The Hall–Kier alpha value is -2.38. The number of hydrogen-bond donors (Lipinski definition) is 2. The number of morpholine rings is 1. The van der Waals surface area contributed by atoms with Crippen LogP contribution in [0.5, 0.6) is 0 Å². The van der Waals surface area contributed by atoms with Crippen LogP contribution in [-0.4, -0.2) is 53.5 Å². The number of amides is 1. The zero-order valence-electron chi connectivity index (χ0n) is 15.3. The Morgan fingerprint density at radius 3 is 2.92 bits per heavy atom. The van der Waals surface area contributed by atoms with Gasteiger partial charge in [0.2, 0.25) is 0 Å². The summed E-state index contributed by atoms with van der Waals surface area (Å²) >= 11 is 0. The molecule has 0 spiro atoms. The SMILES string of the molecule is Cc1n[nH]c(C)c1CNCC1CN(C(=O)OCc2ccccc2)CCO1. The van der Waals surface area contributed by atoms with Crippen LogP contribution in [0.15, 0.2) is 30.3 Å². The molecule has 0 saturated carbocycles. The molecule has 2 N–H and O–H groups in total. The van der Waals surface area contributed by atoms with E-state index in [2.05, 4.69) is 15.5 Å². The average molecular weight is 358 g/mol. The van der Waals surface area contributed by atoms with Gasteiger partial charge in [-0.2, -0.15) is 5.10 Å². The molecule has 1 atom stereocenters. The van der Waals surface area contributed by atoms with Crippen molar-refractivity contribution in [3.63, 3.8) is 0 Å². The fourth-order valence-corrected chi connectivity index (χ4v) is 3.01. The molecule has 1 saturated heterocycles. The molecule has 1 aromatic heterocycles. The maximum absolute atomic E-state index is 12.3. The second kappa shape index (κ2) is 8.82. The maximum Gasteiger partial charge on any atom is 0.410 e. The molecule has 2 heterocycles. The lowest BCUT2D eigenvalue weighted by Gasteiger charge is -2.32. The monoisotopic (exact) mass is 358 g/mol. The van der Waals surface area contributed by atoms with E-state index in [0.717, 1.165) is 23.5 Å². The Labute approximate surface area is 153 Å². The summed E-state index contributed by atoms with van der Waals surface area (Å²) < 4.78 is 11.2. The van der Waals surface area contributed by atoms with Crippen molar-refractivity contribution in [3.8, 4) is 0 Å². The number of aryl methyl sites for hydroxylation is 2. The molecule has 0 aliphatic carbocycles. The second-order valence-corrected chi connectivity index (χ2v) is 6.52. The predicted molar refractivity (Wildman–Crippen MR) is 97.7 cm³/mol. The van der Waals surface area contributed by atoms with Gasteiger partial charge < -0.3 is 19.7 Å². The van der Waals surface area contributed by atoms with E-state index in [1.807, 2.05) is 44.2 Å². The van der Waals surface area contributed by atoms with Crippen molar-refractivity contribution >= 4 is 6.09 Å². The van der Waals surface area contributed by atoms with Gasteiger partial charge in [-0.3, -0.25) is 5.10 Å². The first-order chi connectivity index (χ1) is 12.6. The minimum atomic E-state index is -0.288. The molecule has 140 valence electrons. The smallest absolute Gasteiger partial charge is 0.410 e. The zero-order valence-corrected chi connectivity index (χ0v) is 15.3. The molecule has 1 fully saturated rings. The van der Waals surface area contributed by atoms with Crippen LogP contribution in [0.2, 0.25) is 0 Å². The molecule has 3 rings (SSSR count). The molecule has 1 amide bonds. The molecule has 2 aromatic rings. The lowest BCUT2D eigenvalue weighted by Crippen LogP contribution is -2.49. The van der Waals surface area contributed by atoms with Crippen LogP contribution in [0.3, 0.4) is 0 Å². The van der Waals surface area contributed by atoms with Crippen LogP contribution in [0.25, 0.3) is 0 Å². The number of aromatic amines is 1. The van der Waals surface area contributed by atoms with Crippen molar-refractivity contribution in [2.75, 3.05) is 26.2 Å². The molecule has 0 bridgehead atoms. The molecule has 26 heavy (non-hydrogen) atoms. The molecular formula is C19H26N4O3. The van der Waals surface area contributed by atoms with Crippen LogP contribution in [-0.2, 0) is 22.6 Å². The van der Waals surface area contributed by atoms with E-state index in [4.69, 9.17) is 9.47 Å². The fourth-order valence-electron chi connectivity index (χ4n) is 3.01. The van der Waals surface area contributed by atoms with Crippen molar-refractivity contribution in [3.05, 3.63) is 52.8 Å².